The zero-order valence-electron chi connectivity index (χ0n) is 11.4. The zero-order valence-corrected chi connectivity index (χ0v) is 11.4. The van der Waals surface area contributed by atoms with E-state index in [1.54, 1.807) is 0 Å². The standard InChI is InChI=1S/C14H15F5O2/c1-7-8-5-3-2-4-6-13(12(20)21,11(16)9(8)15)10(7)14(17,18)19/h10H,2-6H2,1H3,(H,20,21). The summed E-state index contributed by atoms with van der Waals surface area (Å²) in [5.41, 5.74) is -3.61. The Morgan fingerprint density at radius 2 is 1.86 bits per heavy atom. The Morgan fingerprint density at radius 3 is 2.38 bits per heavy atom. The highest BCUT2D eigenvalue weighted by Crippen LogP contribution is 2.58. The molecule has 2 nitrogen and oxygen atoms in total. The predicted octanol–water partition coefficient (Wildman–Crippen LogP) is 4.68. The number of hydrogen-bond donors (Lipinski definition) is 1. The Kier molecular flexibility index (Phi) is 3.88. The Hall–Kier alpha value is -1.40. The molecule has 7 heteroatoms. The molecule has 0 spiro atoms. The zero-order chi connectivity index (χ0) is 16.0. The molecule has 0 aromatic carbocycles. The third-order valence-corrected chi connectivity index (χ3v) is 4.46. The van der Waals surface area contributed by atoms with E-state index in [2.05, 4.69) is 0 Å². The van der Waals surface area contributed by atoms with Gasteiger partial charge in [-0.2, -0.15) is 13.2 Å². The molecule has 3 rings (SSSR count). The van der Waals surface area contributed by atoms with Crippen molar-refractivity contribution < 1.29 is 31.9 Å². The molecule has 0 saturated heterocycles. The lowest BCUT2D eigenvalue weighted by Gasteiger charge is -2.41. The molecular weight excluding hydrogens is 295 g/mol. The third kappa shape index (κ3) is 2.26. The van der Waals surface area contributed by atoms with E-state index in [1.807, 2.05) is 0 Å². The minimum absolute atomic E-state index is 0.00658. The number of aliphatic carboxylic acids is 1. The second-order valence-corrected chi connectivity index (χ2v) is 5.60. The van der Waals surface area contributed by atoms with Crippen molar-refractivity contribution in [1.29, 1.82) is 0 Å². The summed E-state index contributed by atoms with van der Waals surface area (Å²) in [4.78, 5) is 11.5. The number of allylic oxidation sites excluding steroid dienone is 3. The van der Waals surface area contributed by atoms with Gasteiger partial charge in [0, 0.05) is 0 Å². The highest BCUT2D eigenvalue weighted by atomic mass is 19.4. The van der Waals surface area contributed by atoms with Crippen LogP contribution in [0.3, 0.4) is 0 Å². The summed E-state index contributed by atoms with van der Waals surface area (Å²) >= 11 is 0. The van der Waals surface area contributed by atoms with Gasteiger partial charge in [-0.25, -0.2) is 8.78 Å². The van der Waals surface area contributed by atoms with Gasteiger partial charge in [0.1, 0.15) is 5.41 Å². The molecule has 2 bridgehead atoms. The number of carboxylic acids is 1. The second kappa shape index (κ2) is 5.10. The molecule has 3 aliphatic carbocycles. The Balaban J connectivity index is 2.79. The normalized spacial score (nSPS) is 31.0. The second-order valence-electron chi connectivity index (χ2n) is 5.60. The molecule has 0 heterocycles. The van der Waals surface area contributed by atoms with Crippen LogP contribution in [-0.4, -0.2) is 17.3 Å². The monoisotopic (exact) mass is 310 g/mol. The molecular formula is C14H15F5O2. The van der Waals surface area contributed by atoms with Gasteiger partial charge in [0.05, 0.1) is 5.92 Å². The minimum atomic E-state index is -4.95. The summed E-state index contributed by atoms with van der Waals surface area (Å²) in [5, 5.41) is 9.30. The van der Waals surface area contributed by atoms with Crippen LogP contribution in [0.25, 0.3) is 0 Å². The summed E-state index contributed by atoms with van der Waals surface area (Å²) in [6, 6.07) is 0. The third-order valence-electron chi connectivity index (χ3n) is 4.46. The summed E-state index contributed by atoms with van der Waals surface area (Å²) in [6.07, 6.45) is -4.55. The summed E-state index contributed by atoms with van der Waals surface area (Å²) in [7, 11) is 0. The van der Waals surface area contributed by atoms with E-state index in [0.29, 0.717) is 12.8 Å². The van der Waals surface area contributed by atoms with Gasteiger partial charge in [0.15, 0.2) is 11.7 Å². The van der Waals surface area contributed by atoms with E-state index in [-0.39, 0.29) is 18.4 Å². The molecule has 0 aromatic heterocycles. The van der Waals surface area contributed by atoms with Crippen molar-refractivity contribution in [3.63, 3.8) is 0 Å². The van der Waals surface area contributed by atoms with E-state index in [9.17, 15) is 31.9 Å². The van der Waals surface area contributed by atoms with Crippen molar-refractivity contribution in [2.75, 3.05) is 0 Å². The van der Waals surface area contributed by atoms with Gasteiger partial charge in [-0.05, 0) is 31.8 Å². The quantitative estimate of drug-likeness (QED) is 0.714. The molecule has 0 saturated carbocycles. The largest absolute Gasteiger partial charge is 0.480 e. The van der Waals surface area contributed by atoms with Crippen molar-refractivity contribution in [3.05, 3.63) is 22.8 Å². The van der Waals surface area contributed by atoms with Crippen molar-refractivity contribution in [1.82, 2.24) is 0 Å². The van der Waals surface area contributed by atoms with Crippen LogP contribution in [0.2, 0.25) is 0 Å². The fourth-order valence-corrected chi connectivity index (χ4v) is 3.46. The van der Waals surface area contributed by atoms with Crippen molar-refractivity contribution >= 4 is 5.97 Å². The molecule has 1 N–H and O–H groups in total. The minimum Gasteiger partial charge on any atom is -0.480 e. The fraction of sp³-hybridized carbons (Fsp3) is 0.643. The number of halogens is 5. The van der Waals surface area contributed by atoms with Gasteiger partial charge in [0.2, 0.25) is 0 Å². The predicted molar refractivity (Wildman–Crippen MR) is 64.6 cm³/mol. The first kappa shape index (κ1) is 16.0. The maximum absolute atomic E-state index is 14.3. The van der Waals surface area contributed by atoms with E-state index < -0.39 is 47.1 Å². The first-order chi connectivity index (χ1) is 9.64. The van der Waals surface area contributed by atoms with E-state index in [4.69, 9.17) is 0 Å². The molecule has 118 valence electrons. The maximum Gasteiger partial charge on any atom is 0.396 e. The Bertz CT molecular complexity index is 532. The molecule has 2 unspecified atom stereocenters. The number of rotatable bonds is 1. The van der Waals surface area contributed by atoms with Gasteiger partial charge in [-0.3, -0.25) is 4.79 Å². The number of hydrogen-bond acceptors (Lipinski definition) is 1. The van der Waals surface area contributed by atoms with Gasteiger partial charge in [-0.15, -0.1) is 0 Å². The van der Waals surface area contributed by atoms with E-state index in [0.717, 1.165) is 6.92 Å². The average Bonchev–Trinajstić information content (AvgIpc) is 2.46. The van der Waals surface area contributed by atoms with Gasteiger partial charge >= 0.3 is 12.1 Å². The lowest BCUT2D eigenvalue weighted by Crippen LogP contribution is -2.49. The topological polar surface area (TPSA) is 37.3 Å². The van der Waals surface area contributed by atoms with Gasteiger partial charge in [0.25, 0.3) is 0 Å². The molecule has 2 atom stereocenters. The van der Waals surface area contributed by atoms with Crippen LogP contribution in [0, 0.1) is 11.3 Å². The summed E-state index contributed by atoms with van der Waals surface area (Å²) in [5.74, 6) is -7.68. The number of alkyl halides is 3. The van der Waals surface area contributed by atoms with Crippen molar-refractivity contribution in [2.45, 2.75) is 45.2 Å². The SMILES string of the molecule is CC1=C2CCCCCC(C(=O)O)(C(F)=C2F)C1C(F)(F)F. The molecule has 0 amide bonds. The van der Waals surface area contributed by atoms with Crippen LogP contribution in [-0.2, 0) is 4.79 Å². The molecule has 21 heavy (non-hydrogen) atoms. The molecule has 0 radical (unpaired) electrons. The highest BCUT2D eigenvalue weighted by Gasteiger charge is 2.64. The smallest absolute Gasteiger partial charge is 0.396 e. The fourth-order valence-electron chi connectivity index (χ4n) is 3.46. The van der Waals surface area contributed by atoms with Crippen molar-refractivity contribution in [2.24, 2.45) is 11.3 Å². The highest BCUT2D eigenvalue weighted by molar-refractivity contribution is 5.81. The lowest BCUT2D eigenvalue weighted by molar-refractivity contribution is -0.204. The Morgan fingerprint density at radius 1 is 1.24 bits per heavy atom. The van der Waals surface area contributed by atoms with Crippen LogP contribution >= 0.6 is 0 Å². The first-order valence-corrected chi connectivity index (χ1v) is 6.70. The molecule has 0 aromatic rings. The van der Waals surface area contributed by atoms with Crippen LogP contribution < -0.4 is 0 Å². The number of carboxylic acid groups (broad SMARTS) is 1. The van der Waals surface area contributed by atoms with E-state index in [1.165, 1.54) is 0 Å². The molecule has 3 aliphatic rings. The average molecular weight is 310 g/mol. The molecule has 0 fully saturated rings. The van der Waals surface area contributed by atoms with Gasteiger partial charge < -0.3 is 5.11 Å². The van der Waals surface area contributed by atoms with Crippen LogP contribution in [0.5, 0.6) is 0 Å². The van der Waals surface area contributed by atoms with E-state index >= 15 is 0 Å². The Labute approximate surface area is 118 Å². The van der Waals surface area contributed by atoms with Crippen LogP contribution in [0.1, 0.15) is 39.0 Å². The van der Waals surface area contributed by atoms with Gasteiger partial charge in [-0.1, -0.05) is 18.4 Å². The first-order valence-electron chi connectivity index (χ1n) is 6.70. The van der Waals surface area contributed by atoms with Crippen LogP contribution in [0.15, 0.2) is 22.8 Å². The summed E-state index contributed by atoms with van der Waals surface area (Å²) in [6.45, 7) is 1.06. The molecule has 0 aliphatic heterocycles. The summed E-state index contributed by atoms with van der Waals surface area (Å²) < 4.78 is 68.6. The van der Waals surface area contributed by atoms with Crippen molar-refractivity contribution in [3.8, 4) is 0 Å². The maximum atomic E-state index is 14.3. The van der Waals surface area contributed by atoms with Crippen LogP contribution in [0.4, 0.5) is 22.0 Å². The lowest BCUT2D eigenvalue weighted by atomic mass is 9.64. The number of carbonyl (C=O) groups is 1. The number of fused-ring (bicyclic) bond motifs is 5.